The van der Waals surface area contributed by atoms with Crippen LogP contribution in [-0.4, -0.2) is 24.1 Å². The second kappa shape index (κ2) is 5.44. The number of amides is 1. The molecule has 1 unspecified atom stereocenters. The third-order valence-electron chi connectivity index (χ3n) is 3.79. The van der Waals surface area contributed by atoms with Crippen molar-refractivity contribution in [1.29, 1.82) is 0 Å². The quantitative estimate of drug-likeness (QED) is 0.919. The van der Waals surface area contributed by atoms with Gasteiger partial charge >= 0.3 is 0 Å². The summed E-state index contributed by atoms with van der Waals surface area (Å²) in [5.74, 6) is 0.734. The Morgan fingerprint density at radius 1 is 1.35 bits per heavy atom. The zero-order chi connectivity index (χ0) is 14.9. The number of fused-ring (bicyclic) bond motifs is 1. The molecule has 2 rings (SSSR count). The molecule has 0 fully saturated rings. The van der Waals surface area contributed by atoms with Crippen LogP contribution >= 0.6 is 0 Å². The smallest absolute Gasteiger partial charge is 0.270 e. The topological polar surface area (TPSA) is 55.6 Å². The Hall–Kier alpha value is -1.55. The fourth-order valence-corrected chi connectivity index (χ4v) is 2.38. The van der Waals surface area contributed by atoms with Crippen LogP contribution in [0.25, 0.3) is 0 Å². The van der Waals surface area contributed by atoms with Gasteiger partial charge in [-0.3, -0.25) is 4.79 Å². The molecule has 4 nitrogen and oxygen atoms in total. The van der Waals surface area contributed by atoms with E-state index in [1.807, 2.05) is 25.1 Å². The summed E-state index contributed by atoms with van der Waals surface area (Å²) in [6, 6.07) is 6.01. The van der Waals surface area contributed by atoms with Crippen molar-refractivity contribution in [3.63, 3.8) is 0 Å². The minimum atomic E-state index is -0.839. The molecule has 1 aromatic carbocycles. The first-order valence-corrected chi connectivity index (χ1v) is 7.28. The molecule has 0 aromatic heterocycles. The molecule has 110 valence electrons. The van der Waals surface area contributed by atoms with Crippen molar-refractivity contribution < 1.29 is 9.53 Å². The normalized spacial score (nSPS) is 18.4. The molecule has 0 spiro atoms. The Kier molecular flexibility index (Phi) is 4.04. The van der Waals surface area contributed by atoms with Gasteiger partial charge in [0.2, 0.25) is 0 Å². The predicted molar refractivity (Wildman–Crippen MR) is 81.1 cm³/mol. The number of hydrogen-bond acceptors (Lipinski definition) is 3. The summed E-state index contributed by atoms with van der Waals surface area (Å²) in [6.07, 6.45) is 1.77. The van der Waals surface area contributed by atoms with Crippen LogP contribution in [0.5, 0.6) is 5.75 Å². The van der Waals surface area contributed by atoms with Crippen molar-refractivity contribution in [2.45, 2.75) is 52.2 Å². The summed E-state index contributed by atoms with van der Waals surface area (Å²) >= 11 is 0. The fraction of sp³-hybridized carbons (Fsp3) is 0.562. The maximum Gasteiger partial charge on any atom is 0.270 e. The van der Waals surface area contributed by atoms with E-state index in [0.717, 1.165) is 24.3 Å². The van der Waals surface area contributed by atoms with Gasteiger partial charge in [-0.15, -0.1) is 0 Å². The van der Waals surface area contributed by atoms with Crippen molar-refractivity contribution in [2.75, 3.05) is 11.4 Å². The maximum absolute atomic E-state index is 12.6. The number of nitrogens with two attached hydrogens (primary N) is 1. The third-order valence-corrected chi connectivity index (χ3v) is 3.79. The molecule has 1 atom stereocenters. The van der Waals surface area contributed by atoms with Crippen LogP contribution in [0.2, 0.25) is 0 Å². The van der Waals surface area contributed by atoms with Crippen LogP contribution in [-0.2, 0) is 11.2 Å². The molecule has 1 heterocycles. The van der Waals surface area contributed by atoms with Gasteiger partial charge in [-0.2, -0.15) is 0 Å². The number of anilines is 1. The Bertz CT molecular complexity index is 511. The van der Waals surface area contributed by atoms with Crippen LogP contribution in [0, 0.1) is 0 Å². The first-order valence-electron chi connectivity index (χ1n) is 7.28. The molecule has 1 amide bonds. The van der Waals surface area contributed by atoms with Crippen LogP contribution in [0.4, 0.5) is 5.69 Å². The first kappa shape index (κ1) is 14.9. The number of aryl methyl sites for hydroxylation is 1. The van der Waals surface area contributed by atoms with Gasteiger partial charge in [0.05, 0.1) is 5.69 Å². The van der Waals surface area contributed by atoms with E-state index in [0.29, 0.717) is 6.54 Å². The average molecular weight is 276 g/mol. The van der Waals surface area contributed by atoms with E-state index in [1.54, 1.807) is 18.7 Å². The van der Waals surface area contributed by atoms with E-state index in [-0.39, 0.29) is 11.9 Å². The van der Waals surface area contributed by atoms with E-state index in [4.69, 9.17) is 10.5 Å². The minimum Gasteiger partial charge on any atom is -0.476 e. The zero-order valence-electron chi connectivity index (χ0n) is 12.8. The zero-order valence-corrected chi connectivity index (χ0v) is 12.8. The van der Waals surface area contributed by atoms with Gasteiger partial charge in [0.25, 0.3) is 5.91 Å². The number of nitrogens with zero attached hydrogens (tertiary/aromatic N) is 1. The Morgan fingerprint density at radius 3 is 2.65 bits per heavy atom. The van der Waals surface area contributed by atoms with E-state index in [1.165, 1.54) is 5.56 Å². The molecule has 0 saturated heterocycles. The summed E-state index contributed by atoms with van der Waals surface area (Å²) in [5.41, 5.74) is 7.24. The van der Waals surface area contributed by atoms with E-state index in [2.05, 4.69) is 6.92 Å². The molecule has 0 radical (unpaired) electrons. The van der Waals surface area contributed by atoms with Crippen molar-refractivity contribution in [3.05, 3.63) is 23.8 Å². The summed E-state index contributed by atoms with van der Waals surface area (Å²) in [6.45, 7) is 8.26. The Morgan fingerprint density at radius 2 is 2.05 bits per heavy atom. The summed E-state index contributed by atoms with van der Waals surface area (Å²) in [4.78, 5) is 14.4. The van der Waals surface area contributed by atoms with E-state index < -0.39 is 5.60 Å². The van der Waals surface area contributed by atoms with Crippen molar-refractivity contribution >= 4 is 11.6 Å². The molecule has 0 bridgehead atoms. The molecule has 0 aliphatic carbocycles. The van der Waals surface area contributed by atoms with Gasteiger partial charge in [-0.25, -0.2) is 0 Å². The van der Waals surface area contributed by atoms with Crippen LogP contribution < -0.4 is 15.4 Å². The largest absolute Gasteiger partial charge is 0.476 e. The van der Waals surface area contributed by atoms with Gasteiger partial charge < -0.3 is 15.4 Å². The third kappa shape index (κ3) is 2.66. The van der Waals surface area contributed by atoms with Gasteiger partial charge in [-0.1, -0.05) is 19.9 Å². The Labute approximate surface area is 120 Å². The lowest BCUT2D eigenvalue weighted by Gasteiger charge is -2.39. The maximum atomic E-state index is 12.6. The van der Waals surface area contributed by atoms with Gasteiger partial charge in [0.15, 0.2) is 5.60 Å². The van der Waals surface area contributed by atoms with Crippen LogP contribution in [0.15, 0.2) is 18.2 Å². The summed E-state index contributed by atoms with van der Waals surface area (Å²) < 4.78 is 5.84. The highest BCUT2D eigenvalue weighted by Crippen LogP contribution is 2.38. The molecule has 1 aliphatic rings. The lowest BCUT2D eigenvalue weighted by molar-refractivity contribution is -0.132. The fourth-order valence-electron chi connectivity index (χ4n) is 2.38. The summed E-state index contributed by atoms with van der Waals surface area (Å²) in [5, 5.41) is 0. The lowest BCUT2D eigenvalue weighted by Crippen LogP contribution is -2.55. The monoisotopic (exact) mass is 276 g/mol. The average Bonchev–Trinajstić information content (AvgIpc) is 2.43. The first-order chi connectivity index (χ1) is 9.39. The van der Waals surface area contributed by atoms with Gasteiger partial charge in [0.1, 0.15) is 5.75 Å². The molecular weight excluding hydrogens is 252 g/mol. The molecule has 1 aromatic rings. The molecule has 2 N–H and O–H groups in total. The SMILES string of the molecule is CCc1ccc2c(c1)N(CC(N)CC)C(=O)C(C)(C)O2. The lowest BCUT2D eigenvalue weighted by atomic mass is 10.0. The predicted octanol–water partition coefficient (Wildman–Crippen LogP) is 2.49. The molecule has 4 heteroatoms. The standard InChI is InChI=1S/C16H24N2O2/c1-5-11-7-8-14-13(9-11)18(10-12(17)6-2)15(19)16(3,4)20-14/h7-9,12H,5-6,10,17H2,1-4H3. The number of benzene rings is 1. The van der Waals surface area contributed by atoms with Gasteiger partial charge in [-0.05, 0) is 44.4 Å². The van der Waals surface area contributed by atoms with E-state index in [9.17, 15) is 4.79 Å². The number of ether oxygens (including phenoxy) is 1. The van der Waals surface area contributed by atoms with Crippen molar-refractivity contribution in [2.24, 2.45) is 5.73 Å². The minimum absolute atomic E-state index is 0.0222. The number of carbonyl (C=O) groups excluding carboxylic acids is 1. The molecule has 20 heavy (non-hydrogen) atoms. The number of carbonyl (C=O) groups is 1. The molecule has 0 saturated carbocycles. The van der Waals surface area contributed by atoms with Crippen molar-refractivity contribution in [1.82, 2.24) is 0 Å². The second-order valence-corrected chi connectivity index (χ2v) is 5.85. The Balaban J connectivity index is 2.45. The van der Waals surface area contributed by atoms with Crippen LogP contribution in [0.3, 0.4) is 0 Å². The highest BCUT2D eigenvalue weighted by molar-refractivity contribution is 6.02. The summed E-state index contributed by atoms with van der Waals surface area (Å²) in [7, 11) is 0. The van der Waals surface area contributed by atoms with Gasteiger partial charge in [0, 0.05) is 12.6 Å². The molecule has 1 aliphatic heterocycles. The second-order valence-electron chi connectivity index (χ2n) is 5.85. The van der Waals surface area contributed by atoms with Crippen molar-refractivity contribution in [3.8, 4) is 5.75 Å². The van der Waals surface area contributed by atoms with Crippen LogP contribution in [0.1, 0.15) is 39.7 Å². The molecular formula is C16H24N2O2. The van der Waals surface area contributed by atoms with E-state index >= 15 is 0 Å². The highest BCUT2D eigenvalue weighted by Gasteiger charge is 2.41. The number of hydrogen-bond donors (Lipinski definition) is 1. The number of rotatable bonds is 4. The highest BCUT2D eigenvalue weighted by atomic mass is 16.5.